The van der Waals surface area contributed by atoms with Gasteiger partial charge in [-0.3, -0.25) is 4.79 Å². The number of halogens is 1. The number of aryl methyl sites for hydroxylation is 1. The number of carbonyl (C=O) groups is 2. The molecule has 34 heavy (non-hydrogen) atoms. The summed E-state index contributed by atoms with van der Waals surface area (Å²) in [4.78, 5) is 24.0. The van der Waals surface area contributed by atoms with Crippen molar-refractivity contribution >= 4 is 46.2 Å². The van der Waals surface area contributed by atoms with Gasteiger partial charge in [-0.25, -0.2) is 4.79 Å². The van der Waals surface area contributed by atoms with Crippen molar-refractivity contribution in [3.8, 4) is 17.6 Å². The van der Waals surface area contributed by atoms with Crippen LogP contribution >= 0.6 is 22.6 Å². The number of hydrogen-bond donors (Lipinski definition) is 2. The van der Waals surface area contributed by atoms with Crippen LogP contribution in [0.1, 0.15) is 27.0 Å². The van der Waals surface area contributed by atoms with E-state index in [1.54, 1.807) is 24.3 Å². The summed E-state index contributed by atoms with van der Waals surface area (Å²) in [6.07, 6.45) is 1.41. The summed E-state index contributed by atoms with van der Waals surface area (Å²) in [6.45, 7) is 2.38. The number of anilines is 1. The molecule has 0 saturated carbocycles. The molecule has 7 nitrogen and oxygen atoms in total. The Labute approximate surface area is 210 Å². The summed E-state index contributed by atoms with van der Waals surface area (Å²) in [5, 5.41) is 21.3. The Morgan fingerprint density at radius 3 is 2.53 bits per heavy atom. The Morgan fingerprint density at radius 1 is 1.15 bits per heavy atom. The molecule has 0 bridgehead atoms. The van der Waals surface area contributed by atoms with Gasteiger partial charge in [0.05, 0.1) is 21.9 Å². The molecule has 0 aliphatic heterocycles. The van der Waals surface area contributed by atoms with Crippen LogP contribution in [-0.4, -0.2) is 24.1 Å². The van der Waals surface area contributed by atoms with Gasteiger partial charge in [-0.05, 0) is 76.5 Å². The van der Waals surface area contributed by atoms with E-state index in [0.717, 1.165) is 14.7 Å². The number of carbonyl (C=O) groups excluding carboxylic acids is 1. The number of methoxy groups -OCH3 is 1. The number of carboxylic acid groups (broad SMARTS) is 1. The molecule has 172 valence electrons. The fourth-order valence-corrected chi connectivity index (χ4v) is 3.95. The Bertz CT molecular complexity index is 1310. The first-order valence-electron chi connectivity index (χ1n) is 10.1. The van der Waals surface area contributed by atoms with Crippen LogP contribution in [0.5, 0.6) is 11.5 Å². The average molecular weight is 568 g/mol. The molecule has 1 amide bonds. The summed E-state index contributed by atoms with van der Waals surface area (Å²) in [7, 11) is 1.51. The Morgan fingerprint density at radius 2 is 1.85 bits per heavy atom. The highest BCUT2D eigenvalue weighted by Crippen LogP contribution is 2.35. The molecule has 0 unspecified atom stereocenters. The number of benzene rings is 3. The first-order chi connectivity index (χ1) is 16.3. The Balaban J connectivity index is 1.85. The molecular formula is C26H21IN2O5. The van der Waals surface area contributed by atoms with Crippen molar-refractivity contribution in [3.05, 3.63) is 92.1 Å². The number of hydrogen-bond acceptors (Lipinski definition) is 5. The predicted molar refractivity (Wildman–Crippen MR) is 137 cm³/mol. The fraction of sp³-hybridized carbons (Fsp3) is 0.115. The molecule has 0 spiro atoms. The third kappa shape index (κ3) is 5.94. The molecule has 8 heteroatoms. The number of rotatable bonds is 8. The molecule has 0 heterocycles. The van der Waals surface area contributed by atoms with Crippen molar-refractivity contribution in [2.24, 2.45) is 0 Å². The van der Waals surface area contributed by atoms with Gasteiger partial charge >= 0.3 is 5.97 Å². The number of ether oxygens (including phenoxy) is 2. The molecule has 2 N–H and O–H groups in total. The standard InChI is InChI=1S/C26H21IN2O5/c1-16-7-3-4-8-18(16)15-34-24-21(27)12-17(13-23(24)33-2)11-19(14-28)25(30)29-22-10-6-5-9-20(22)26(31)32/h3-13H,15H2,1-2H3,(H,29,30)(H,31,32)/b19-11+. The minimum atomic E-state index is -1.18. The van der Waals surface area contributed by atoms with Gasteiger partial charge in [0, 0.05) is 0 Å². The third-order valence-electron chi connectivity index (χ3n) is 4.97. The molecule has 0 atom stereocenters. The molecule has 0 fully saturated rings. The highest BCUT2D eigenvalue weighted by atomic mass is 127. The maximum atomic E-state index is 12.7. The maximum absolute atomic E-state index is 12.7. The van der Waals surface area contributed by atoms with Gasteiger partial charge in [-0.2, -0.15) is 5.26 Å². The van der Waals surface area contributed by atoms with E-state index < -0.39 is 11.9 Å². The summed E-state index contributed by atoms with van der Waals surface area (Å²) >= 11 is 2.11. The minimum Gasteiger partial charge on any atom is -0.493 e. The van der Waals surface area contributed by atoms with Crippen molar-refractivity contribution in [2.45, 2.75) is 13.5 Å². The van der Waals surface area contributed by atoms with Crippen molar-refractivity contribution in [3.63, 3.8) is 0 Å². The zero-order chi connectivity index (χ0) is 24.7. The SMILES string of the molecule is COc1cc(/C=C(\C#N)C(=O)Nc2ccccc2C(=O)O)cc(I)c1OCc1ccccc1C. The Kier molecular flexibility index (Phi) is 8.27. The number of aromatic carboxylic acids is 1. The molecule has 0 aromatic heterocycles. The zero-order valence-electron chi connectivity index (χ0n) is 18.5. The second kappa shape index (κ2) is 11.3. The van der Waals surface area contributed by atoms with E-state index in [1.807, 2.05) is 37.3 Å². The number of nitriles is 1. The van der Waals surface area contributed by atoms with E-state index >= 15 is 0 Å². The maximum Gasteiger partial charge on any atom is 0.337 e. The molecule has 0 aliphatic carbocycles. The van der Waals surface area contributed by atoms with Gasteiger partial charge in [0.15, 0.2) is 11.5 Å². The van der Waals surface area contributed by atoms with Crippen LogP contribution in [-0.2, 0) is 11.4 Å². The van der Waals surface area contributed by atoms with E-state index in [9.17, 15) is 20.0 Å². The lowest BCUT2D eigenvalue weighted by Crippen LogP contribution is -2.16. The average Bonchev–Trinajstić information content (AvgIpc) is 2.82. The van der Waals surface area contributed by atoms with Crippen LogP contribution in [0.3, 0.4) is 0 Å². The van der Waals surface area contributed by atoms with E-state index in [1.165, 1.54) is 25.3 Å². The summed E-state index contributed by atoms with van der Waals surface area (Å²) < 4.78 is 12.3. The van der Waals surface area contributed by atoms with Gasteiger partial charge in [0.25, 0.3) is 5.91 Å². The second-order valence-electron chi connectivity index (χ2n) is 7.22. The minimum absolute atomic E-state index is 0.0699. The quantitative estimate of drug-likeness (QED) is 0.213. The van der Waals surface area contributed by atoms with E-state index in [0.29, 0.717) is 23.7 Å². The van der Waals surface area contributed by atoms with Gasteiger partial charge in [0.2, 0.25) is 0 Å². The number of nitrogens with zero attached hydrogens (tertiary/aromatic N) is 1. The zero-order valence-corrected chi connectivity index (χ0v) is 20.6. The largest absolute Gasteiger partial charge is 0.493 e. The second-order valence-corrected chi connectivity index (χ2v) is 8.39. The molecular weight excluding hydrogens is 547 g/mol. The van der Waals surface area contributed by atoms with Crippen LogP contribution in [0.2, 0.25) is 0 Å². The molecule has 0 saturated heterocycles. The van der Waals surface area contributed by atoms with Crippen LogP contribution in [0.25, 0.3) is 6.08 Å². The third-order valence-corrected chi connectivity index (χ3v) is 5.77. The van der Waals surface area contributed by atoms with Crippen molar-refractivity contribution in [1.29, 1.82) is 5.26 Å². The van der Waals surface area contributed by atoms with E-state index in [2.05, 4.69) is 27.9 Å². The van der Waals surface area contributed by atoms with Gasteiger partial charge in [0.1, 0.15) is 18.2 Å². The first kappa shape index (κ1) is 24.8. The summed E-state index contributed by atoms with van der Waals surface area (Å²) in [6, 6.07) is 19.2. The van der Waals surface area contributed by atoms with Crippen LogP contribution < -0.4 is 14.8 Å². The highest BCUT2D eigenvalue weighted by Gasteiger charge is 2.17. The number of amides is 1. The fourth-order valence-electron chi connectivity index (χ4n) is 3.17. The normalized spacial score (nSPS) is 10.8. The summed E-state index contributed by atoms with van der Waals surface area (Å²) in [5.74, 6) is -0.883. The number of nitrogens with one attached hydrogen (secondary N) is 1. The predicted octanol–water partition coefficient (Wildman–Crippen LogP) is 5.43. The van der Waals surface area contributed by atoms with Crippen LogP contribution in [0, 0.1) is 21.8 Å². The lowest BCUT2D eigenvalue weighted by Gasteiger charge is -2.15. The number of para-hydroxylation sites is 1. The number of carboxylic acids is 1. The van der Waals surface area contributed by atoms with Gasteiger partial charge < -0.3 is 19.9 Å². The van der Waals surface area contributed by atoms with Gasteiger partial charge in [-0.1, -0.05) is 36.4 Å². The van der Waals surface area contributed by atoms with Gasteiger partial charge in [-0.15, -0.1) is 0 Å². The van der Waals surface area contributed by atoms with E-state index in [4.69, 9.17) is 9.47 Å². The molecule has 3 aromatic carbocycles. The first-order valence-corrected chi connectivity index (χ1v) is 11.2. The van der Waals surface area contributed by atoms with Crippen molar-refractivity contribution < 1.29 is 24.2 Å². The van der Waals surface area contributed by atoms with Crippen molar-refractivity contribution in [2.75, 3.05) is 12.4 Å². The lowest BCUT2D eigenvalue weighted by molar-refractivity contribution is -0.112. The summed E-state index contributed by atoms with van der Waals surface area (Å²) in [5.41, 5.74) is 2.57. The monoisotopic (exact) mass is 568 g/mol. The molecule has 0 aliphatic rings. The van der Waals surface area contributed by atoms with E-state index in [-0.39, 0.29) is 16.8 Å². The van der Waals surface area contributed by atoms with Crippen LogP contribution in [0.4, 0.5) is 5.69 Å². The lowest BCUT2D eigenvalue weighted by atomic mass is 10.1. The molecule has 3 aromatic rings. The van der Waals surface area contributed by atoms with Crippen LogP contribution in [0.15, 0.2) is 66.2 Å². The Hall–Kier alpha value is -3.84. The smallest absolute Gasteiger partial charge is 0.337 e. The van der Waals surface area contributed by atoms with Crippen molar-refractivity contribution in [1.82, 2.24) is 0 Å². The topological polar surface area (TPSA) is 109 Å². The highest BCUT2D eigenvalue weighted by molar-refractivity contribution is 14.1. The molecule has 0 radical (unpaired) electrons. The molecule has 3 rings (SSSR count).